The molecule has 1 atom stereocenters. The maximum Gasteiger partial charge on any atom is 0.270 e. The van der Waals surface area contributed by atoms with Crippen LogP contribution in [0.2, 0.25) is 5.02 Å². The number of fused-ring (bicyclic) bond motifs is 2. The summed E-state index contributed by atoms with van der Waals surface area (Å²) in [5.74, 6) is 0.379. The Morgan fingerprint density at radius 2 is 1.86 bits per heavy atom. The smallest absolute Gasteiger partial charge is 0.270 e. The third-order valence-corrected chi connectivity index (χ3v) is 7.08. The first-order chi connectivity index (χ1) is 16.7. The predicted molar refractivity (Wildman–Crippen MR) is 136 cm³/mol. The van der Waals surface area contributed by atoms with E-state index in [-0.39, 0.29) is 18.1 Å². The lowest BCUT2D eigenvalue weighted by Crippen LogP contribution is -2.61. The minimum atomic E-state index is -0.989. The van der Waals surface area contributed by atoms with Gasteiger partial charge < -0.3 is 15.0 Å². The maximum absolute atomic E-state index is 13.1. The van der Waals surface area contributed by atoms with Gasteiger partial charge in [-0.1, -0.05) is 41.9 Å². The van der Waals surface area contributed by atoms with E-state index in [4.69, 9.17) is 16.3 Å². The van der Waals surface area contributed by atoms with Gasteiger partial charge in [0.15, 0.2) is 0 Å². The summed E-state index contributed by atoms with van der Waals surface area (Å²) in [4.78, 5) is 25.9. The van der Waals surface area contributed by atoms with Crippen LogP contribution in [0.4, 0.5) is 11.4 Å². The number of amides is 1. The van der Waals surface area contributed by atoms with Crippen LogP contribution in [0.15, 0.2) is 72.8 Å². The second kappa shape index (κ2) is 8.43. The average molecular weight is 490 g/mol. The maximum atomic E-state index is 13.1. The molecule has 0 fully saturated rings. The van der Waals surface area contributed by atoms with E-state index in [1.807, 2.05) is 53.5 Å². The van der Waals surface area contributed by atoms with Crippen LogP contribution in [0.25, 0.3) is 6.08 Å². The Bertz CT molecular complexity index is 1350. The van der Waals surface area contributed by atoms with Gasteiger partial charge in [0, 0.05) is 35.0 Å². The van der Waals surface area contributed by atoms with Crippen molar-refractivity contribution in [2.24, 2.45) is 0 Å². The van der Waals surface area contributed by atoms with Crippen molar-refractivity contribution < 1.29 is 14.5 Å². The number of halogens is 1. The number of rotatable bonds is 5. The molecular weight excluding hydrogens is 466 g/mol. The van der Waals surface area contributed by atoms with Crippen LogP contribution in [-0.4, -0.2) is 23.1 Å². The largest absolute Gasteiger partial charge is 0.463 e. The van der Waals surface area contributed by atoms with E-state index in [1.165, 1.54) is 12.1 Å². The Morgan fingerprint density at radius 3 is 2.60 bits per heavy atom. The fraction of sp³-hybridized carbons (Fsp3) is 0.222. The van der Waals surface area contributed by atoms with Crippen molar-refractivity contribution in [1.82, 2.24) is 5.32 Å². The third-order valence-electron chi connectivity index (χ3n) is 6.83. The van der Waals surface area contributed by atoms with Crippen molar-refractivity contribution in [2.75, 3.05) is 11.4 Å². The monoisotopic (exact) mass is 489 g/mol. The summed E-state index contributed by atoms with van der Waals surface area (Å²) in [6.07, 6.45) is 3.75. The van der Waals surface area contributed by atoms with Crippen molar-refractivity contribution in [3.63, 3.8) is 0 Å². The van der Waals surface area contributed by atoms with Gasteiger partial charge in [-0.25, -0.2) is 0 Å². The lowest BCUT2D eigenvalue weighted by Gasteiger charge is -2.46. The first-order valence-corrected chi connectivity index (χ1v) is 11.6. The van der Waals surface area contributed by atoms with Crippen LogP contribution >= 0.6 is 11.6 Å². The van der Waals surface area contributed by atoms with Crippen molar-refractivity contribution in [1.29, 1.82) is 0 Å². The number of nitro groups is 1. The topological polar surface area (TPSA) is 84.7 Å². The fourth-order valence-corrected chi connectivity index (χ4v) is 5.04. The van der Waals surface area contributed by atoms with E-state index < -0.39 is 16.1 Å². The Hall–Kier alpha value is -3.84. The molecule has 8 heteroatoms. The van der Waals surface area contributed by atoms with Gasteiger partial charge in [0.25, 0.3) is 5.69 Å². The highest BCUT2D eigenvalue weighted by atomic mass is 35.5. The van der Waals surface area contributed by atoms with Gasteiger partial charge in [-0.15, -0.1) is 0 Å². The molecular formula is C27H24ClN3O4. The molecule has 2 heterocycles. The van der Waals surface area contributed by atoms with Gasteiger partial charge in [-0.3, -0.25) is 14.9 Å². The molecule has 3 aromatic carbocycles. The number of carbonyl (C=O) groups is 1. The highest BCUT2D eigenvalue weighted by molar-refractivity contribution is 6.30. The molecule has 1 spiro atoms. The second-order valence-electron chi connectivity index (χ2n) is 9.24. The van der Waals surface area contributed by atoms with Crippen LogP contribution in [0.1, 0.15) is 30.5 Å². The van der Waals surface area contributed by atoms with Gasteiger partial charge in [-0.2, -0.15) is 0 Å². The minimum absolute atomic E-state index is 0.000326. The normalized spacial score (nSPS) is 19.1. The molecule has 2 aliphatic heterocycles. The zero-order valence-electron chi connectivity index (χ0n) is 19.3. The summed E-state index contributed by atoms with van der Waals surface area (Å²) < 4.78 is 6.62. The van der Waals surface area contributed by atoms with Gasteiger partial charge >= 0.3 is 0 Å². The first kappa shape index (κ1) is 22.9. The Labute approximate surface area is 208 Å². The van der Waals surface area contributed by atoms with Crippen LogP contribution in [-0.2, 0) is 16.8 Å². The van der Waals surface area contributed by atoms with E-state index in [2.05, 4.69) is 19.2 Å². The lowest BCUT2D eigenvalue weighted by atomic mass is 9.76. The van der Waals surface area contributed by atoms with Gasteiger partial charge in [-0.05, 0) is 61.4 Å². The fourth-order valence-electron chi connectivity index (χ4n) is 4.91. The number of hydrogen-bond donors (Lipinski definition) is 1. The van der Waals surface area contributed by atoms with E-state index in [1.54, 1.807) is 18.2 Å². The Morgan fingerprint density at radius 1 is 1.11 bits per heavy atom. The quantitative estimate of drug-likeness (QED) is 0.380. The summed E-state index contributed by atoms with van der Waals surface area (Å²) in [7, 11) is 0. The number of benzene rings is 3. The summed E-state index contributed by atoms with van der Waals surface area (Å²) in [6.45, 7) is 4.61. The third kappa shape index (κ3) is 3.82. The Balaban J connectivity index is 1.47. The highest BCUT2D eigenvalue weighted by Crippen LogP contribution is 2.54. The number of nitro benzene ring substituents is 1. The van der Waals surface area contributed by atoms with Crippen LogP contribution in [0.3, 0.4) is 0 Å². The molecule has 3 aromatic rings. The summed E-state index contributed by atoms with van der Waals surface area (Å²) in [6, 6.07) is 19.8. The van der Waals surface area contributed by atoms with Crippen LogP contribution < -0.4 is 15.0 Å². The van der Waals surface area contributed by atoms with Gasteiger partial charge in [0.2, 0.25) is 11.6 Å². The van der Waals surface area contributed by atoms with E-state index in [0.717, 1.165) is 16.8 Å². The number of nitrogens with zero attached hydrogens (tertiary/aromatic N) is 2. The number of nitrogens with one attached hydrogen (secondary N) is 1. The lowest BCUT2D eigenvalue weighted by molar-refractivity contribution is -0.384. The zero-order chi connectivity index (χ0) is 24.8. The van der Waals surface area contributed by atoms with E-state index in [9.17, 15) is 14.9 Å². The molecule has 0 aromatic heterocycles. The molecule has 1 unspecified atom stereocenters. The average Bonchev–Trinajstić information content (AvgIpc) is 3.02. The summed E-state index contributed by atoms with van der Waals surface area (Å²) >= 11 is 5.96. The number of ether oxygens (including phenoxy) is 1. The second-order valence-corrected chi connectivity index (χ2v) is 9.68. The molecule has 0 saturated carbocycles. The molecule has 35 heavy (non-hydrogen) atoms. The van der Waals surface area contributed by atoms with Crippen LogP contribution in [0, 0.1) is 10.1 Å². The van der Waals surface area contributed by atoms with Gasteiger partial charge in [0.05, 0.1) is 10.3 Å². The standard InChI is InChI=1S/C27H24ClN3O4/c1-26(2)22-5-3-4-6-23(22)30(17-25(32)29-16-18-7-9-20(28)10-8-18)27(26)14-13-19-15-21(31(33)34)11-12-24(19)35-27/h3-15H,16-17H2,1-2H3,(H,29,32). The van der Waals surface area contributed by atoms with Crippen LogP contribution in [0.5, 0.6) is 5.75 Å². The Kier molecular flexibility index (Phi) is 5.52. The molecule has 2 aliphatic rings. The highest BCUT2D eigenvalue weighted by Gasteiger charge is 2.59. The molecule has 5 rings (SSSR count). The van der Waals surface area contributed by atoms with Crippen molar-refractivity contribution in [3.8, 4) is 5.75 Å². The van der Waals surface area contributed by atoms with E-state index in [0.29, 0.717) is 22.9 Å². The number of anilines is 1. The zero-order valence-corrected chi connectivity index (χ0v) is 20.1. The molecule has 0 saturated heterocycles. The minimum Gasteiger partial charge on any atom is -0.463 e. The molecule has 0 bridgehead atoms. The molecule has 7 nitrogen and oxygen atoms in total. The molecule has 178 valence electrons. The molecule has 0 radical (unpaired) electrons. The summed E-state index contributed by atoms with van der Waals surface area (Å²) in [5, 5.41) is 14.9. The SMILES string of the molecule is CC1(C)c2ccccc2N(CC(=O)NCc2ccc(Cl)cc2)C12C=Cc1cc([N+](=O)[O-])ccc1O2. The van der Waals surface area contributed by atoms with Crippen molar-refractivity contribution in [3.05, 3.63) is 105 Å². The molecule has 0 aliphatic carbocycles. The van der Waals surface area contributed by atoms with Gasteiger partial charge in [0.1, 0.15) is 12.3 Å². The van der Waals surface area contributed by atoms with E-state index >= 15 is 0 Å². The summed E-state index contributed by atoms with van der Waals surface area (Å²) in [5.41, 5.74) is 2.04. The first-order valence-electron chi connectivity index (χ1n) is 11.3. The number of non-ortho nitro benzene ring substituents is 1. The molecule has 1 amide bonds. The number of hydrogen-bond acceptors (Lipinski definition) is 5. The number of para-hydroxylation sites is 1. The van der Waals surface area contributed by atoms with Crippen molar-refractivity contribution in [2.45, 2.75) is 31.5 Å². The number of carbonyl (C=O) groups excluding carboxylic acids is 1. The molecule has 1 N–H and O–H groups in total. The predicted octanol–water partition coefficient (Wildman–Crippen LogP) is 5.46. The van der Waals surface area contributed by atoms with Crippen molar-refractivity contribution >= 4 is 35.0 Å².